The lowest BCUT2D eigenvalue weighted by Gasteiger charge is -2.08. The van der Waals surface area contributed by atoms with E-state index in [2.05, 4.69) is 13.8 Å². The summed E-state index contributed by atoms with van der Waals surface area (Å²) >= 11 is 0. The van der Waals surface area contributed by atoms with E-state index in [0.29, 0.717) is 24.6 Å². The number of hydrogen-bond donors (Lipinski definition) is 2. The molecule has 0 aromatic heterocycles. The highest BCUT2D eigenvalue weighted by Crippen LogP contribution is 2.02. The van der Waals surface area contributed by atoms with Crippen molar-refractivity contribution in [3.8, 4) is 0 Å². The van der Waals surface area contributed by atoms with Gasteiger partial charge in [0.05, 0.1) is 6.61 Å². The van der Waals surface area contributed by atoms with Crippen LogP contribution in [0, 0.1) is 5.92 Å². The van der Waals surface area contributed by atoms with Crippen LogP contribution in [0.5, 0.6) is 0 Å². The van der Waals surface area contributed by atoms with Gasteiger partial charge in [-0.1, -0.05) is 38.1 Å². The maximum Gasteiger partial charge on any atom is 0.488 e. The van der Waals surface area contributed by atoms with Crippen LogP contribution in [-0.4, -0.2) is 23.8 Å². The zero-order chi connectivity index (χ0) is 11.3. The first kappa shape index (κ1) is 12.2. The van der Waals surface area contributed by atoms with Crippen LogP contribution in [0.4, 0.5) is 0 Å². The lowest BCUT2D eigenvalue weighted by molar-refractivity contribution is 0.0971. The van der Waals surface area contributed by atoms with Crippen molar-refractivity contribution >= 4 is 12.6 Å². The van der Waals surface area contributed by atoms with Crippen LogP contribution in [0.3, 0.4) is 0 Å². The summed E-state index contributed by atoms with van der Waals surface area (Å²) in [6.45, 7) is 5.41. The highest BCUT2D eigenvalue weighted by molar-refractivity contribution is 6.58. The van der Waals surface area contributed by atoms with Crippen LogP contribution in [-0.2, 0) is 11.3 Å². The van der Waals surface area contributed by atoms with Gasteiger partial charge >= 0.3 is 7.12 Å². The Hall–Kier alpha value is -0.835. The Kier molecular flexibility index (Phi) is 4.82. The highest BCUT2D eigenvalue weighted by atomic mass is 16.5. The number of ether oxygens (including phenoxy) is 1. The van der Waals surface area contributed by atoms with Gasteiger partial charge in [0, 0.05) is 6.61 Å². The van der Waals surface area contributed by atoms with Gasteiger partial charge in [0.1, 0.15) is 0 Å². The summed E-state index contributed by atoms with van der Waals surface area (Å²) in [5.74, 6) is 0.511. The largest absolute Gasteiger partial charge is 0.488 e. The molecule has 1 aromatic carbocycles. The molecular formula is C11H17BO3. The van der Waals surface area contributed by atoms with Gasteiger partial charge in [-0.25, -0.2) is 0 Å². The molecule has 0 atom stereocenters. The summed E-state index contributed by atoms with van der Waals surface area (Å²) in [6.07, 6.45) is 0. The summed E-state index contributed by atoms with van der Waals surface area (Å²) in [6, 6.07) is 7.12. The molecular weight excluding hydrogens is 191 g/mol. The molecule has 0 aliphatic heterocycles. The van der Waals surface area contributed by atoms with Crippen LogP contribution < -0.4 is 5.46 Å². The Morgan fingerprint density at radius 3 is 2.67 bits per heavy atom. The molecule has 0 unspecified atom stereocenters. The fourth-order valence-corrected chi connectivity index (χ4v) is 1.26. The Morgan fingerprint density at radius 2 is 2.07 bits per heavy atom. The van der Waals surface area contributed by atoms with Gasteiger partial charge in [-0.15, -0.1) is 0 Å². The molecule has 0 aliphatic rings. The van der Waals surface area contributed by atoms with E-state index in [1.807, 2.05) is 6.07 Å². The molecule has 0 saturated heterocycles. The SMILES string of the molecule is CC(C)COCc1cccc(B(O)O)c1. The van der Waals surface area contributed by atoms with Crippen LogP contribution in [0.1, 0.15) is 19.4 Å². The van der Waals surface area contributed by atoms with Gasteiger partial charge in [-0.3, -0.25) is 0 Å². The van der Waals surface area contributed by atoms with Gasteiger partial charge in [0.2, 0.25) is 0 Å². The average Bonchev–Trinajstić information content (AvgIpc) is 2.17. The Balaban J connectivity index is 2.50. The first-order chi connectivity index (χ1) is 7.09. The van der Waals surface area contributed by atoms with E-state index < -0.39 is 7.12 Å². The Bertz CT molecular complexity index is 300. The molecule has 0 amide bonds. The van der Waals surface area contributed by atoms with Gasteiger partial charge in [-0.05, 0) is 16.9 Å². The van der Waals surface area contributed by atoms with Crippen molar-refractivity contribution in [3.63, 3.8) is 0 Å². The van der Waals surface area contributed by atoms with Gasteiger partial charge in [-0.2, -0.15) is 0 Å². The van der Waals surface area contributed by atoms with E-state index in [1.54, 1.807) is 18.2 Å². The van der Waals surface area contributed by atoms with Crippen LogP contribution in [0.25, 0.3) is 0 Å². The predicted molar refractivity (Wildman–Crippen MR) is 60.8 cm³/mol. The molecule has 82 valence electrons. The van der Waals surface area contributed by atoms with E-state index in [-0.39, 0.29) is 0 Å². The average molecular weight is 208 g/mol. The molecule has 4 heteroatoms. The van der Waals surface area contributed by atoms with Gasteiger partial charge in [0.25, 0.3) is 0 Å². The molecule has 3 nitrogen and oxygen atoms in total. The topological polar surface area (TPSA) is 49.7 Å². The van der Waals surface area contributed by atoms with Crippen LogP contribution >= 0.6 is 0 Å². The molecule has 0 bridgehead atoms. The van der Waals surface area contributed by atoms with Crippen molar-refractivity contribution < 1.29 is 14.8 Å². The van der Waals surface area contributed by atoms with E-state index in [0.717, 1.165) is 5.56 Å². The smallest absolute Gasteiger partial charge is 0.423 e. The first-order valence-corrected chi connectivity index (χ1v) is 5.12. The Labute approximate surface area is 90.9 Å². The second-order valence-corrected chi connectivity index (χ2v) is 4.03. The van der Waals surface area contributed by atoms with Crippen molar-refractivity contribution in [1.82, 2.24) is 0 Å². The van der Waals surface area contributed by atoms with Crippen LogP contribution in [0.15, 0.2) is 24.3 Å². The normalized spacial score (nSPS) is 10.7. The molecule has 0 aliphatic carbocycles. The van der Waals surface area contributed by atoms with E-state index in [9.17, 15) is 0 Å². The minimum Gasteiger partial charge on any atom is -0.423 e. The zero-order valence-corrected chi connectivity index (χ0v) is 9.18. The van der Waals surface area contributed by atoms with E-state index >= 15 is 0 Å². The third-order valence-electron chi connectivity index (χ3n) is 1.97. The minimum absolute atomic E-state index is 0.501. The second-order valence-electron chi connectivity index (χ2n) is 4.03. The second kappa shape index (κ2) is 5.90. The summed E-state index contributed by atoms with van der Waals surface area (Å²) in [5, 5.41) is 18.0. The predicted octanol–water partition coefficient (Wildman–Crippen LogP) is 0.539. The first-order valence-electron chi connectivity index (χ1n) is 5.12. The summed E-state index contributed by atoms with van der Waals surface area (Å²) < 4.78 is 5.45. The lowest BCUT2D eigenvalue weighted by Crippen LogP contribution is -2.29. The molecule has 0 spiro atoms. The summed E-state index contributed by atoms with van der Waals surface area (Å²) in [4.78, 5) is 0. The fraction of sp³-hybridized carbons (Fsp3) is 0.455. The third-order valence-corrected chi connectivity index (χ3v) is 1.97. The van der Waals surface area contributed by atoms with Crippen LogP contribution in [0.2, 0.25) is 0 Å². The molecule has 15 heavy (non-hydrogen) atoms. The van der Waals surface area contributed by atoms with Crippen molar-refractivity contribution in [2.75, 3.05) is 6.61 Å². The van der Waals surface area contributed by atoms with Gasteiger partial charge in [0.15, 0.2) is 0 Å². The molecule has 0 fully saturated rings. The molecule has 0 radical (unpaired) electrons. The molecule has 2 N–H and O–H groups in total. The van der Waals surface area contributed by atoms with E-state index in [4.69, 9.17) is 14.8 Å². The number of benzene rings is 1. The number of rotatable bonds is 5. The zero-order valence-electron chi connectivity index (χ0n) is 9.18. The maximum atomic E-state index is 8.98. The highest BCUT2D eigenvalue weighted by Gasteiger charge is 2.10. The molecule has 1 rings (SSSR count). The molecule has 1 aromatic rings. The molecule has 0 heterocycles. The quantitative estimate of drug-likeness (QED) is 0.694. The van der Waals surface area contributed by atoms with E-state index in [1.165, 1.54) is 0 Å². The molecule has 0 saturated carbocycles. The number of hydrogen-bond acceptors (Lipinski definition) is 3. The van der Waals surface area contributed by atoms with Gasteiger partial charge < -0.3 is 14.8 Å². The monoisotopic (exact) mass is 208 g/mol. The van der Waals surface area contributed by atoms with Crippen molar-refractivity contribution in [1.29, 1.82) is 0 Å². The summed E-state index contributed by atoms with van der Waals surface area (Å²) in [5.41, 5.74) is 1.46. The Morgan fingerprint density at radius 1 is 1.33 bits per heavy atom. The van der Waals surface area contributed by atoms with Crippen molar-refractivity contribution in [3.05, 3.63) is 29.8 Å². The fourth-order valence-electron chi connectivity index (χ4n) is 1.26. The lowest BCUT2D eigenvalue weighted by atomic mass is 9.80. The van der Waals surface area contributed by atoms with Crippen molar-refractivity contribution in [2.45, 2.75) is 20.5 Å². The standard InChI is InChI=1S/C11H17BO3/c1-9(2)7-15-8-10-4-3-5-11(6-10)12(13)14/h3-6,9,13-14H,7-8H2,1-2H3. The third kappa shape index (κ3) is 4.47. The minimum atomic E-state index is -1.41. The maximum absolute atomic E-state index is 8.98. The van der Waals surface area contributed by atoms with Crippen molar-refractivity contribution in [2.24, 2.45) is 5.92 Å². The summed E-state index contributed by atoms with van der Waals surface area (Å²) in [7, 11) is -1.41.